The zero-order valence-electron chi connectivity index (χ0n) is 10.1. The molecule has 1 heteroatoms. The first-order valence-electron chi connectivity index (χ1n) is 5.44. The fraction of sp³-hybridized carbons (Fsp3) is 0.667. The van der Waals surface area contributed by atoms with E-state index in [1.54, 1.807) is 6.08 Å². The second kappa shape index (κ2) is 22.5. The molecular formula is C12H26O. The van der Waals surface area contributed by atoms with Crippen molar-refractivity contribution in [3.8, 4) is 0 Å². The molecule has 0 spiro atoms. The average Bonchev–Trinajstić information content (AvgIpc) is 2.28. The lowest BCUT2D eigenvalue weighted by atomic mass is 10.2. The average molecular weight is 186 g/mol. The van der Waals surface area contributed by atoms with Gasteiger partial charge in [0.1, 0.15) is 0 Å². The Morgan fingerprint density at radius 3 is 1.62 bits per heavy atom. The minimum absolute atomic E-state index is 0.502. The largest absolute Gasteiger partial charge is 0.512 e. The van der Waals surface area contributed by atoms with Crippen LogP contribution in [0, 0.1) is 0 Å². The summed E-state index contributed by atoms with van der Waals surface area (Å²) in [7, 11) is 0. The number of hydrogen-bond acceptors (Lipinski definition) is 1. The monoisotopic (exact) mass is 186 g/mol. The molecule has 1 aliphatic rings. The normalized spacial score (nSPS) is 11.7. The van der Waals surface area contributed by atoms with Crippen LogP contribution in [0.3, 0.4) is 0 Å². The molecule has 1 N–H and O–H groups in total. The molecule has 0 aromatic heterocycles. The Kier molecular flexibility index (Phi) is 31.4. The van der Waals surface area contributed by atoms with Gasteiger partial charge in [-0.1, -0.05) is 53.7 Å². The third-order valence-corrected chi connectivity index (χ3v) is 0.992. The molecule has 0 heterocycles. The van der Waals surface area contributed by atoms with E-state index in [0.29, 0.717) is 5.76 Å². The van der Waals surface area contributed by atoms with Crippen molar-refractivity contribution in [2.45, 2.75) is 54.4 Å². The Morgan fingerprint density at radius 1 is 1.00 bits per heavy atom. The molecule has 1 nitrogen and oxygen atoms in total. The van der Waals surface area contributed by atoms with Crippen LogP contribution in [-0.2, 0) is 0 Å². The quantitative estimate of drug-likeness (QED) is 0.573. The van der Waals surface area contributed by atoms with Crippen molar-refractivity contribution in [1.82, 2.24) is 0 Å². The van der Waals surface area contributed by atoms with E-state index in [-0.39, 0.29) is 0 Å². The third-order valence-electron chi connectivity index (χ3n) is 0.992. The zero-order chi connectivity index (χ0) is 11.1. The Balaban J connectivity index is -0.000000144. The van der Waals surface area contributed by atoms with Gasteiger partial charge in [-0.3, -0.25) is 0 Å². The van der Waals surface area contributed by atoms with Gasteiger partial charge in [0.2, 0.25) is 0 Å². The lowest BCUT2D eigenvalue weighted by Gasteiger charge is -1.97. The van der Waals surface area contributed by atoms with Gasteiger partial charge in [-0.05, 0) is 12.5 Å². The first kappa shape index (κ1) is 18.1. The van der Waals surface area contributed by atoms with Crippen LogP contribution in [0.5, 0.6) is 0 Å². The Morgan fingerprint density at radius 2 is 1.46 bits per heavy atom. The predicted octanol–water partition coefficient (Wildman–Crippen LogP) is 4.86. The first-order chi connectivity index (χ1) is 6.39. The van der Waals surface area contributed by atoms with Gasteiger partial charge in [-0.25, -0.2) is 0 Å². The highest BCUT2D eigenvalue weighted by Crippen LogP contribution is 2.06. The van der Waals surface area contributed by atoms with Gasteiger partial charge in [0.15, 0.2) is 0 Å². The highest BCUT2D eigenvalue weighted by Gasteiger charge is 1.91. The van der Waals surface area contributed by atoms with Crippen molar-refractivity contribution in [2.24, 2.45) is 0 Å². The van der Waals surface area contributed by atoms with Crippen molar-refractivity contribution < 1.29 is 5.11 Å². The van der Waals surface area contributed by atoms with Crippen LogP contribution >= 0.6 is 0 Å². The van der Waals surface area contributed by atoms with Crippen LogP contribution in [0.1, 0.15) is 54.4 Å². The van der Waals surface area contributed by atoms with Gasteiger partial charge in [0.05, 0.1) is 5.76 Å². The SMILES string of the molecule is CC.CC.CC.OC1=CC=CCC1. The molecule has 1 aliphatic carbocycles. The molecule has 0 bridgehead atoms. The number of aliphatic hydroxyl groups excluding tert-OH is 1. The van der Waals surface area contributed by atoms with E-state index in [4.69, 9.17) is 5.11 Å². The lowest BCUT2D eigenvalue weighted by Crippen LogP contribution is -1.82. The molecule has 0 fully saturated rings. The summed E-state index contributed by atoms with van der Waals surface area (Å²) >= 11 is 0. The smallest absolute Gasteiger partial charge is 0.0925 e. The second-order valence-corrected chi connectivity index (χ2v) is 1.62. The van der Waals surface area contributed by atoms with Crippen LogP contribution in [0.25, 0.3) is 0 Å². The van der Waals surface area contributed by atoms with Crippen molar-refractivity contribution in [3.63, 3.8) is 0 Å². The third kappa shape index (κ3) is 18.3. The van der Waals surface area contributed by atoms with Gasteiger partial charge in [-0.15, -0.1) is 0 Å². The van der Waals surface area contributed by atoms with Crippen LogP contribution in [0.15, 0.2) is 24.0 Å². The van der Waals surface area contributed by atoms with E-state index in [1.807, 2.05) is 53.7 Å². The molecular weight excluding hydrogens is 160 g/mol. The Bertz CT molecular complexity index is 112. The molecule has 0 saturated carbocycles. The fourth-order valence-corrected chi connectivity index (χ4v) is 0.590. The highest BCUT2D eigenvalue weighted by atomic mass is 16.3. The zero-order valence-corrected chi connectivity index (χ0v) is 10.1. The molecule has 0 amide bonds. The van der Waals surface area contributed by atoms with Crippen molar-refractivity contribution in [2.75, 3.05) is 0 Å². The number of rotatable bonds is 0. The summed E-state index contributed by atoms with van der Waals surface area (Å²) in [6.45, 7) is 12.0. The minimum Gasteiger partial charge on any atom is -0.512 e. The summed E-state index contributed by atoms with van der Waals surface area (Å²) < 4.78 is 0. The van der Waals surface area contributed by atoms with Crippen molar-refractivity contribution in [1.29, 1.82) is 0 Å². The summed E-state index contributed by atoms with van der Waals surface area (Å²) in [5.41, 5.74) is 0. The van der Waals surface area contributed by atoms with Crippen LogP contribution in [0.2, 0.25) is 0 Å². The van der Waals surface area contributed by atoms with Crippen molar-refractivity contribution in [3.05, 3.63) is 24.0 Å². The molecule has 0 radical (unpaired) electrons. The molecule has 0 saturated heterocycles. The summed E-state index contributed by atoms with van der Waals surface area (Å²) in [6.07, 6.45) is 7.45. The minimum atomic E-state index is 0.502. The van der Waals surface area contributed by atoms with Crippen LogP contribution in [0.4, 0.5) is 0 Å². The number of aliphatic hydroxyl groups is 1. The molecule has 1 rings (SSSR count). The maximum absolute atomic E-state index is 8.72. The lowest BCUT2D eigenvalue weighted by molar-refractivity contribution is 0.387. The molecule has 0 aromatic rings. The summed E-state index contributed by atoms with van der Waals surface area (Å²) in [5, 5.41) is 8.72. The van der Waals surface area contributed by atoms with E-state index >= 15 is 0 Å². The topological polar surface area (TPSA) is 20.2 Å². The molecule has 0 unspecified atom stereocenters. The van der Waals surface area contributed by atoms with E-state index in [0.717, 1.165) is 12.8 Å². The molecule has 80 valence electrons. The fourth-order valence-electron chi connectivity index (χ4n) is 0.590. The van der Waals surface area contributed by atoms with E-state index in [2.05, 4.69) is 0 Å². The first-order valence-corrected chi connectivity index (χ1v) is 5.44. The predicted molar refractivity (Wildman–Crippen MR) is 63.1 cm³/mol. The van der Waals surface area contributed by atoms with Crippen LogP contribution < -0.4 is 0 Å². The standard InChI is InChI=1S/C6H8O.3C2H6/c7-6-4-2-1-3-5-6;3*1-2/h1-2,4,7H,3,5H2;3*1-2H3. The van der Waals surface area contributed by atoms with Gasteiger partial charge >= 0.3 is 0 Å². The molecule has 0 atom stereocenters. The number of hydrogen-bond donors (Lipinski definition) is 1. The number of allylic oxidation sites excluding steroid dienone is 4. The van der Waals surface area contributed by atoms with Gasteiger partial charge in [0, 0.05) is 6.42 Å². The summed E-state index contributed by atoms with van der Waals surface area (Å²) in [5.74, 6) is 0.502. The maximum Gasteiger partial charge on any atom is 0.0925 e. The van der Waals surface area contributed by atoms with Gasteiger partial charge < -0.3 is 5.11 Å². The Hall–Kier alpha value is -0.720. The van der Waals surface area contributed by atoms with E-state index in [9.17, 15) is 0 Å². The van der Waals surface area contributed by atoms with Gasteiger partial charge in [-0.2, -0.15) is 0 Å². The summed E-state index contributed by atoms with van der Waals surface area (Å²) in [4.78, 5) is 0. The Labute approximate surface area is 84.2 Å². The molecule has 13 heavy (non-hydrogen) atoms. The maximum atomic E-state index is 8.72. The van der Waals surface area contributed by atoms with Crippen molar-refractivity contribution >= 4 is 0 Å². The highest BCUT2D eigenvalue weighted by molar-refractivity contribution is 5.11. The second-order valence-electron chi connectivity index (χ2n) is 1.62. The summed E-state index contributed by atoms with van der Waals surface area (Å²) in [6, 6.07) is 0. The van der Waals surface area contributed by atoms with Crippen LogP contribution in [-0.4, -0.2) is 5.11 Å². The van der Waals surface area contributed by atoms with E-state index in [1.165, 1.54) is 0 Å². The molecule has 0 aromatic carbocycles. The molecule has 0 aliphatic heterocycles. The van der Waals surface area contributed by atoms with Gasteiger partial charge in [0.25, 0.3) is 0 Å². The van der Waals surface area contributed by atoms with E-state index < -0.39 is 0 Å².